The van der Waals surface area contributed by atoms with Crippen LogP contribution in [0.15, 0.2) is 59.3 Å². The number of rotatable bonds is 8. The molecule has 2 aliphatic rings. The highest BCUT2D eigenvalue weighted by atomic mass is 35.5. The summed E-state index contributed by atoms with van der Waals surface area (Å²) in [6.07, 6.45) is 0.759. The van der Waals surface area contributed by atoms with Crippen molar-refractivity contribution in [3.63, 3.8) is 0 Å². The molecule has 194 valence electrons. The summed E-state index contributed by atoms with van der Waals surface area (Å²) in [6.45, 7) is 3.75. The number of ether oxygens (including phenoxy) is 1. The number of halogens is 2. The van der Waals surface area contributed by atoms with Crippen molar-refractivity contribution >= 4 is 34.8 Å². The Labute approximate surface area is 225 Å². The highest BCUT2D eigenvalue weighted by Gasteiger charge is 2.42. The molecule has 1 N–H and O–H groups in total. The molecule has 2 aromatic carbocycles. The predicted molar refractivity (Wildman–Crippen MR) is 143 cm³/mol. The Morgan fingerprint density at radius 2 is 1.81 bits per heavy atom. The molecule has 2 amide bonds. The van der Waals surface area contributed by atoms with Gasteiger partial charge in [-0.05, 0) is 36.0 Å². The largest absolute Gasteiger partial charge is 0.495 e. The Kier molecular flexibility index (Phi) is 7.79. The summed E-state index contributed by atoms with van der Waals surface area (Å²) >= 11 is 7.56. The number of carbonyl (C=O) groups excluding carboxylic acids is 2. The number of hydrogen-bond acceptors (Lipinski definition) is 5. The van der Waals surface area contributed by atoms with Gasteiger partial charge in [0, 0.05) is 43.5 Å². The van der Waals surface area contributed by atoms with Crippen molar-refractivity contribution in [3.05, 3.63) is 86.8 Å². The Morgan fingerprint density at radius 3 is 2.49 bits per heavy atom. The molecule has 37 heavy (non-hydrogen) atoms. The predicted octanol–water partition coefficient (Wildman–Crippen LogP) is 5.11. The van der Waals surface area contributed by atoms with Crippen LogP contribution >= 0.6 is 22.9 Å². The van der Waals surface area contributed by atoms with E-state index in [1.807, 2.05) is 35.7 Å². The van der Waals surface area contributed by atoms with Gasteiger partial charge in [0.2, 0.25) is 0 Å². The number of likely N-dealkylation sites (tertiary alicyclic amines) is 2. The van der Waals surface area contributed by atoms with E-state index in [-0.39, 0.29) is 28.4 Å². The fourth-order valence-corrected chi connectivity index (χ4v) is 6.48. The van der Waals surface area contributed by atoms with E-state index in [1.165, 1.54) is 23.5 Å². The Balaban J connectivity index is 1.19. The van der Waals surface area contributed by atoms with E-state index in [9.17, 15) is 14.0 Å². The number of nitrogens with one attached hydrogen (secondary N) is 1. The number of thiophene rings is 1. The fraction of sp³-hybridized carbons (Fsp3) is 0.357. The lowest BCUT2D eigenvalue weighted by Gasteiger charge is -2.25. The molecule has 1 aromatic heterocycles. The molecule has 2 aliphatic heterocycles. The van der Waals surface area contributed by atoms with Gasteiger partial charge in [-0.2, -0.15) is 0 Å². The van der Waals surface area contributed by atoms with Crippen LogP contribution in [0, 0.1) is 17.7 Å². The van der Waals surface area contributed by atoms with E-state index in [2.05, 4.69) is 10.2 Å². The van der Waals surface area contributed by atoms with Gasteiger partial charge < -0.3 is 19.9 Å². The maximum atomic E-state index is 14.3. The first-order valence-electron chi connectivity index (χ1n) is 12.4. The smallest absolute Gasteiger partial charge is 0.258 e. The minimum atomic E-state index is -0.578. The number of nitrogens with zero attached hydrogens (tertiary/aromatic N) is 2. The van der Waals surface area contributed by atoms with Crippen molar-refractivity contribution in [2.24, 2.45) is 11.8 Å². The SMILES string of the molecule is COc1cscc1C(=O)NC(CCN1CC2CN(C(=O)c3c(F)cccc3Cl)C[C@@H]2C1)c1ccccc1. The first kappa shape index (κ1) is 25.7. The quantitative estimate of drug-likeness (QED) is 0.430. The summed E-state index contributed by atoms with van der Waals surface area (Å²) in [5.74, 6) is 0.206. The van der Waals surface area contributed by atoms with E-state index >= 15 is 0 Å². The molecular formula is C28H29ClFN3O3S. The maximum Gasteiger partial charge on any atom is 0.258 e. The number of benzene rings is 2. The third kappa shape index (κ3) is 5.51. The van der Waals surface area contributed by atoms with Gasteiger partial charge in [-0.15, -0.1) is 11.3 Å². The van der Waals surface area contributed by atoms with E-state index in [1.54, 1.807) is 23.5 Å². The normalized spacial score (nSPS) is 20.0. The third-order valence-electron chi connectivity index (χ3n) is 7.36. The molecule has 2 unspecified atom stereocenters. The minimum absolute atomic E-state index is 0.0373. The molecule has 5 rings (SSSR count). The Morgan fingerprint density at radius 1 is 1.08 bits per heavy atom. The molecular weight excluding hydrogens is 513 g/mol. The zero-order valence-electron chi connectivity index (χ0n) is 20.5. The van der Waals surface area contributed by atoms with E-state index < -0.39 is 5.82 Å². The van der Waals surface area contributed by atoms with Crippen molar-refractivity contribution < 1.29 is 18.7 Å². The van der Waals surface area contributed by atoms with E-state index in [0.29, 0.717) is 36.2 Å². The molecule has 2 saturated heterocycles. The first-order chi connectivity index (χ1) is 17.9. The molecule has 0 radical (unpaired) electrons. The van der Waals surface area contributed by atoms with Crippen molar-refractivity contribution in [1.29, 1.82) is 0 Å². The number of hydrogen-bond donors (Lipinski definition) is 1. The van der Waals surface area contributed by atoms with Crippen LogP contribution in [0.4, 0.5) is 4.39 Å². The van der Waals surface area contributed by atoms with Crippen molar-refractivity contribution in [1.82, 2.24) is 15.1 Å². The Bertz CT molecular complexity index is 1240. The molecule has 0 saturated carbocycles. The zero-order valence-corrected chi connectivity index (χ0v) is 22.1. The molecule has 0 aliphatic carbocycles. The summed E-state index contributed by atoms with van der Waals surface area (Å²) < 4.78 is 19.6. The lowest BCUT2D eigenvalue weighted by molar-refractivity contribution is 0.0769. The number of carbonyl (C=O) groups is 2. The van der Waals surface area contributed by atoms with Crippen LogP contribution in [0.25, 0.3) is 0 Å². The van der Waals surface area contributed by atoms with Gasteiger partial charge in [-0.1, -0.05) is 48.0 Å². The van der Waals surface area contributed by atoms with Crippen molar-refractivity contribution in [2.45, 2.75) is 12.5 Å². The van der Waals surface area contributed by atoms with Crippen molar-refractivity contribution in [2.75, 3.05) is 39.8 Å². The second-order valence-corrected chi connectivity index (χ2v) is 10.8. The lowest BCUT2D eigenvalue weighted by atomic mass is 10.0. The average molecular weight is 542 g/mol. The number of fused-ring (bicyclic) bond motifs is 1. The van der Waals surface area contributed by atoms with Crippen LogP contribution in [0.2, 0.25) is 5.02 Å². The fourth-order valence-electron chi connectivity index (χ4n) is 5.46. The molecule has 0 spiro atoms. The maximum absolute atomic E-state index is 14.3. The van der Waals surface area contributed by atoms with Crippen LogP contribution in [-0.2, 0) is 0 Å². The van der Waals surface area contributed by atoms with Crippen LogP contribution in [-0.4, -0.2) is 61.4 Å². The van der Waals surface area contributed by atoms with Crippen LogP contribution < -0.4 is 10.1 Å². The Hall–Kier alpha value is -2.94. The highest BCUT2D eigenvalue weighted by molar-refractivity contribution is 7.08. The van der Waals surface area contributed by atoms with Gasteiger partial charge in [0.15, 0.2) is 0 Å². The number of methoxy groups -OCH3 is 1. The van der Waals surface area contributed by atoms with E-state index in [0.717, 1.165) is 31.6 Å². The van der Waals surface area contributed by atoms with Crippen LogP contribution in [0.5, 0.6) is 5.75 Å². The summed E-state index contributed by atoms with van der Waals surface area (Å²) in [7, 11) is 1.57. The van der Waals surface area contributed by atoms with Crippen LogP contribution in [0.1, 0.15) is 38.7 Å². The van der Waals surface area contributed by atoms with Crippen LogP contribution in [0.3, 0.4) is 0 Å². The van der Waals surface area contributed by atoms with Gasteiger partial charge in [-0.3, -0.25) is 9.59 Å². The lowest BCUT2D eigenvalue weighted by Crippen LogP contribution is -2.35. The zero-order chi connectivity index (χ0) is 25.9. The van der Waals surface area contributed by atoms with Gasteiger partial charge in [0.05, 0.1) is 29.3 Å². The molecule has 9 heteroatoms. The average Bonchev–Trinajstić information content (AvgIpc) is 3.62. The molecule has 6 nitrogen and oxygen atoms in total. The molecule has 2 fully saturated rings. The second kappa shape index (κ2) is 11.2. The van der Waals surface area contributed by atoms with Crippen molar-refractivity contribution in [3.8, 4) is 5.75 Å². The molecule has 3 atom stereocenters. The summed E-state index contributed by atoms with van der Waals surface area (Å²) in [4.78, 5) is 30.1. The molecule has 0 bridgehead atoms. The third-order valence-corrected chi connectivity index (χ3v) is 8.39. The molecule has 3 aromatic rings. The first-order valence-corrected chi connectivity index (χ1v) is 13.7. The topological polar surface area (TPSA) is 61.9 Å². The van der Waals surface area contributed by atoms with E-state index in [4.69, 9.17) is 16.3 Å². The minimum Gasteiger partial charge on any atom is -0.495 e. The summed E-state index contributed by atoms with van der Waals surface area (Å²) in [5.41, 5.74) is 1.57. The molecule has 3 heterocycles. The van der Waals surface area contributed by atoms with Gasteiger partial charge in [0.1, 0.15) is 11.6 Å². The standard InChI is InChI=1S/C28H29ClFN3O3S/c1-36-25-17-37-16-21(25)27(34)31-24(18-6-3-2-4-7-18)10-11-32-12-19-14-33(15-20(19)13-32)28(35)26-22(29)8-5-9-23(26)30/h2-9,16-17,19-20,24H,10-15H2,1H3,(H,31,34)/t19-,20?,24?/m0/s1. The monoisotopic (exact) mass is 541 g/mol. The van der Waals surface area contributed by atoms with Gasteiger partial charge in [-0.25, -0.2) is 4.39 Å². The second-order valence-electron chi connectivity index (χ2n) is 9.67. The highest BCUT2D eigenvalue weighted by Crippen LogP contribution is 2.34. The number of amides is 2. The summed E-state index contributed by atoms with van der Waals surface area (Å²) in [5, 5.41) is 6.97. The van der Waals surface area contributed by atoms with Gasteiger partial charge >= 0.3 is 0 Å². The van der Waals surface area contributed by atoms with Gasteiger partial charge in [0.25, 0.3) is 11.8 Å². The summed E-state index contributed by atoms with van der Waals surface area (Å²) in [6, 6.07) is 14.2.